The highest BCUT2D eigenvalue weighted by Crippen LogP contribution is 2.31. The summed E-state index contributed by atoms with van der Waals surface area (Å²) in [4.78, 5) is 12.5. The Balaban J connectivity index is 1.90. The van der Waals surface area contributed by atoms with Crippen molar-refractivity contribution in [3.05, 3.63) is 82.9 Å². The molecule has 0 spiro atoms. The van der Waals surface area contributed by atoms with Crippen molar-refractivity contribution < 1.29 is 31.1 Å². The highest BCUT2D eigenvalue weighted by molar-refractivity contribution is 7.92. The average Bonchev–Trinajstić information content (AvgIpc) is 2.78. The third kappa shape index (κ3) is 5.40. The molecule has 3 rings (SSSR count). The number of hydrogen-bond acceptors (Lipinski definition) is 4. The zero-order chi connectivity index (χ0) is 24.4. The molecule has 0 unspecified atom stereocenters. The van der Waals surface area contributed by atoms with E-state index in [1.807, 2.05) is 0 Å². The average molecular weight is 499 g/mol. The van der Waals surface area contributed by atoms with Gasteiger partial charge in [0.1, 0.15) is 5.75 Å². The van der Waals surface area contributed by atoms with Crippen LogP contribution in [0.5, 0.6) is 5.75 Å². The van der Waals surface area contributed by atoms with Gasteiger partial charge in [-0.1, -0.05) is 17.7 Å². The molecule has 3 aromatic rings. The summed E-state index contributed by atoms with van der Waals surface area (Å²) < 4.78 is 71.0. The molecular weight excluding hydrogens is 481 g/mol. The number of anilines is 2. The van der Waals surface area contributed by atoms with Crippen LogP contribution in [0.3, 0.4) is 0 Å². The SMILES string of the molecule is COc1ccc(N(C)S(=O)(=O)c2ccc(Cl)c(C(=O)Nc3cccc(C(F)(F)F)c3)c2)cc1. The first-order valence-electron chi connectivity index (χ1n) is 9.34. The van der Waals surface area contributed by atoms with Crippen molar-refractivity contribution in [2.75, 3.05) is 23.8 Å². The van der Waals surface area contributed by atoms with E-state index in [-0.39, 0.29) is 21.2 Å². The van der Waals surface area contributed by atoms with E-state index in [0.29, 0.717) is 11.4 Å². The molecule has 0 aliphatic carbocycles. The van der Waals surface area contributed by atoms with E-state index < -0.39 is 27.7 Å². The van der Waals surface area contributed by atoms with E-state index in [2.05, 4.69) is 5.32 Å². The fourth-order valence-electron chi connectivity index (χ4n) is 2.90. The van der Waals surface area contributed by atoms with Gasteiger partial charge in [-0.3, -0.25) is 9.10 Å². The Bertz CT molecular complexity index is 1280. The molecular formula is C22H18ClF3N2O4S. The molecule has 0 saturated carbocycles. The van der Waals surface area contributed by atoms with Crippen LogP contribution < -0.4 is 14.4 Å². The number of halogens is 4. The predicted molar refractivity (Wildman–Crippen MR) is 119 cm³/mol. The number of rotatable bonds is 6. The summed E-state index contributed by atoms with van der Waals surface area (Å²) in [5.41, 5.74) is -0.919. The van der Waals surface area contributed by atoms with Gasteiger partial charge in [-0.05, 0) is 60.7 Å². The van der Waals surface area contributed by atoms with Crippen molar-refractivity contribution in [2.24, 2.45) is 0 Å². The van der Waals surface area contributed by atoms with Gasteiger partial charge in [0.05, 0.1) is 33.8 Å². The van der Waals surface area contributed by atoms with Crippen molar-refractivity contribution in [1.82, 2.24) is 0 Å². The Morgan fingerprint density at radius 2 is 1.70 bits per heavy atom. The normalized spacial score (nSPS) is 11.7. The Morgan fingerprint density at radius 3 is 2.30 bits per heavy atom. The van der Waals surface area contributed by atoms with Gasteiger partial charge in [-0.25, -0.2) is 8.42 Å². The first-order valence-corrected chi connectivity index (χ1v) is 11.2. The lowest BCUT2D eigenvalue weighted by molar-refractivity contribution is -0.137. The third-order valence-corrected chi connectivity index (χ3v) is 6.84. The molecule has 0 bridgehead atoms. The molecule has 1 amide bonds. The van der Waals surface area contributed by atoms with E-state index in [4.69, 9.17) is 16.3 Å². The van der Waals surface area contributed by atoms with Crippen LogP contribution in [0.15, 0.2) is 71.6 Å². The monoisotopic (exact) mass is 498 g/mol. The van der Waals surface area contributed by atoms with Gasteiger partial charge in [0, 0.05) is 12.7 Å². The molecule has 3 aromatic carbocycles. The number of benzene rings is 3. The van der Waals surface area contributed by atoms with Crippen molar-refractivity contribution in [3.63, 3.8) is 0 Å². The second-order valence-electron chi connectivity index (χ2n) is 6.84. The van der Waals surface area contributed by atoms with E-state index in [1.54, 1.807) is 24.3 Å². The molecule has 174 valence electrons. The van der Waals surface area contributed by atoms with Gasteiger partial charge >= 0.3 is 6.18 Å². The number of nitrogens with zero attached hydrogens (tertiary/aromatic N) is 1. The predicted octanol–water partition coefficient (Wildman–Crippen LogP) is 5.44. The number of nitrogens with one attached hydrogen (secondary N) is 1. The first-order chi connectivity index (χ1) is 15.4. The van der Waals surface area contributed by atoms with Crippen LogP contribution in [-0.4, -0.2) is 28.5 Å². The zero-order valence-corrected chi connectivity index (χ0v) is 18.9. The van der Waals surface area contributed by atoms with E-state index in [1.165, 1.54) is 32.4 Å². The number of alkyl halides is 3. The van der Waals surface area contributed by atoms with Gasteiger partial charge in [-0.2, -0.15) is 13.2 Å². The van der Waals surface area contributed by atoms with Crippen LogP contribution >= 0.6 is 11.6 Å². The quantitative estimate of drug-likeness (QED) is 0.490. The maximum Gasteiger partial charge on any atom is 0.416 e. The molecule has 0 saturated heterocycles. The second-order valence-corrected chi connectivity index (χ2v) is 9.22. The van der Waals surface area contributed by atoms with Crippen LogP contribution in [0, 0.1) is 0 Å². The maximum absolute atomic E-state index is 13.1. The molecule has 11 heteroatoms. The minimum Gasteiger partial charge on any atom is -0.497 e. The lowest BCUT2D eigenvalue weighted by atomic mass is 10.1. The molecule has 0 aliphatic rings. The van der Waals surface area contributed by atoms with E-state index >= 15 is 0 Å². The molecule has 0 fully saturated rings. The standard InChI is InChI=1S/C22H18ClF3N2O4S/c1-28(16-6-8-17(32-2)9-7-16)33(30,31)18-10-11-20(23)19(13-18)21(29)27-15-5-3-4-14(12-15)22(24,25)26/h3-13H,1-2H3,(H,27,29). The summed E-state index contributed by atoms with van der Waals surface area (Å²) in [6.07, 6.45) is -4.58. The summed E-state index contributed by atoms with van der Waals surface area (Å²) in [7, 11) is -1.26. The van der Waals surface area contributed by atoms with Crippen LogP contribution in [0.25, 0.3) is 0 Å². The van der Waals surface area contributed by atoms with Crippen LogP contribution in [0.1, 0.15) is 15.9 Å². The van der Waals surface area contributed by atoms with E-state index in [0.717, 1.165) is 28.6 Å². The summed E-state index contributed by atoms with van der Waals surface area (Å²) in [6.45, 7) is 0. The van der Waals surface area contributed by atoms with Crippen molar-refractivity contribution in [1.29, 1.82) is 0 Å². The second kappa shape index (κ2) is 9.32. The van der Waals surface area contributed by atoms with Crippen molar-refractivity contribution in [3.8, 4) is 5.75 Å². The fourth-order valence-corrected chi connectivity index (χ4v) is 4.33. The highest BCUT2D eigenvalue weighted by Gasteiger charge is 2.30. The number of carbonyl (C=O) groups is 1. The Kier molecular flexibility index (Phi) is 6.89. The van der Waals surface area contributed by atoms with Gasteiger partial charge in [0.2, 0.25) is 0 Å². The number of carbonyl (C=O) groups excluding carboxylic acids is 1. The molecule has 0 radical (unpaired) electrons. The molecule has 0 atom stereocenters. The van der Waals surface area contributed by atoms with Crippen molar-refractivity contribution in [2.45, 2.75) is 11.1 Å². The Hall–Kier alpha value is -3.24. The lowest BCUT2D eigenvalue weighted by Gasteiger charge is -2.20. The van der Waals surface area contributed by atoms with Crippen LogP contribution in [0.2, 0.25) is 5.02 Å². The van der Waals surface area contributed by atoms with Crippen LogP contribution in [0.4, 0.5) is 24.5 Å². The molecule has 33 heavy (non-hydrogen) atoms. The summed E-state index contributed by atoms with van der Waals surface area (Å²) in [5, 5.41) is 2.25. The van der Waals surface area contributed by atoms with Crippen molar-refractivity contribution >= 4 is 38.9 Å². The molecule has 1 N–H and O–H groups in total. The van der Waals surface area contributed by atoms with Gasteiger partial charge in [-0.15, -0.1) is 0 Å². The number of sulfonamides is 1. The maximum atomic E-state index is 13.1. The number of methoxy groups -OCH3 is 1. The minimum absolute atomic E-state index is 0.0643. The number of amides is 1. The lowest BCUT2D eigenvalue weighted by Crippen LogP contribution is -2.27. The Morgan fingerprint density at radius 1 is 1.03 bits per heavy atom. The van der Waals surface area contributed by atoms with Crippen LogP contribution in [-0.2, 0) is 16.2 Å². The van der Waals surface area contributed by atoms with Gasteiger partial charge in [0.15, 0.2) is 0 Å². The molecule has 6 nitrogen and oxygen atoms in total. The minimum atomic E-state index is -4.58. The number of ether oxygens (including phenoxy) is 1. The van der Waals surface area contributed by atoms with E-state index in [9.17, 15) is 26.4 Å². The summed E-state index contributed by atoms with van der Waals surface area (Å²) in [6, 6.07) is 13.9. The number of hydrogen-bond donors (Lipinski definition) is 1. The van der Waals surface area contributed by atoms with Gasteiger partial charge in [0.25, 0.3) is 15.9 Å². The third-order valence-electron chi connectivity index (χ3n) is 4.72. The largest absolute Gasteiger partial charge is 0.497 e. The Labute approximate surface area is 193 Å². The molecule has 0 heterocycles. The summed E-state index contributed by atoms with van der Waals surface area (Å²) in [5.74, 6) is -0.312. The molecule has 0 aromatic heterocycles. The highest BCUT2D eigenvalue weighted by atomic mass is 35.5. The fraction of sp³-hybridized carbons (Fsp3) is 0.136. The first kappa shape index (κ1) is 24.4. The summed E-state index contributed by atoms with van der Waals surface area (Å²) >= 11 is 6.08. The topological polar surface area (TPSA) is 75.7 Å². The molecule has 0 aliphatic heterocycles. The zero-order valence-electron chi connectivity index (χ0n) is 17.4. The smallest absolute Gasteiger partial charge is 0.416 e. The van der Waals surface area contributed by atoms with Gasteiger partial charge < -0.3 is 10.1 Å².